The molecule has 1 amide bonds. The van der Waals surface area contributed by atoms with Crippen LogP contribution in [0.4, 0.5) is 15.1 Å². The van der Waals surface area contributed by atoms with Crippen LogP contribution in [0.25, 0.3) is 11.0 Å². The van der Waals surface area contributed by atoms with E-state index in [4.69, 9.17) is 9.72 Å². The number of benzene rings is 1. The van der Waals surface area contributed by atoms with E-state index >= 15 is 0 Å². The highest BCUT2D eigenvalue weighted by Gasteiger charge is 2.28. The first-order chi connectivity index (χ1) is 16.1. The lowest BCUT2D eigenvalue weighted by molar-refractivity contribution is 0.0240. The van der Waals surface area contributed by atoms with Gasteiger partial charge in [0.05, 0.1) is 12.1 Å². The number of aldehydes is 1. The molecule has 9 heteroatoms. The third kappa shape index (κ3) is 4.88. The van der Waals surface area contributed by atoms with Crippen LogP contribution >= 0.6 is 0 Å². The molecule has 8 nitrogen and oxygen atoms in total. The average molecular weight is 468 g/mol. The van der Waals surface area contributed by atoms with Crippen molar-refractivity contribution in [3.05, 3.63) is 52.6 Å². The quantitative estimate of drug-likeness (QED) is 0.538. The Bertz CT molecular complexity index is 1240. The number of hydrogen-bond donors (Lipinski definition) is 0. The number of carbonyl (C=O) groups is 2. The molecule has 3 heterocycles. The summed E-state index contributed by atoms with van der Waals surface area (Å²) in [6, 6.07) is 6.95. The van der Waals surface area contributed by atoms with Crippen molar-refractivity contribution in [3.63, 3.8) is 0 Å². The smallest absolute Gasteiger partial charge is 0.410 e. The Morgan fingerprint density at radius 1 is 1.12 bits per heavy atom. The minimum atomic E-state index is -0.550. The molecule has 1 fully saturated rings. The number of nitrogens with zero attached hydrogens (tertiary/aromatic N) is 5. The van der Waals surface area contributed by atoms with Gasteiger partial charge in [-0.05, 0) is 57.9 Å². The average Bonchev–Trinajstić information content (AvgIpc) is 3.12. The molecule has 1 aliphatic heterocycles. The molecule has 3 aromatic rings. The molecule has 180 valence electrons. The summed E-state index contributed by atoms with van der Waals surface area (Å²) in [6.45, 7) is 11.7. The van der Waals surface area contributed by atoms with Gasteiger partial charge in [0.2, 0.25) is 5.95 Å². The Labute approximate surface area is 198 Å². The van der Waals surface area contributed by atoms with Crippen molar-refractivity contribution in [1.82, 2.24) is 19.4 Å². The number of amides is 1. The highest BCUT2D eigenvalue weighted by molar-refractivity contribution is 5.94. The van der Waals surface area contributed by atoms with Crippen molar-refractivity contribution in [1.29, 1.82) is 0 Å². The predicted octanol–water partition coefficient (Wildman–Crippen LogP) is 4.11. The number of fused-ring (bicyclic) bond motifs is 1. The van der Waals surface area contributed by atoms with Crippen LogP contribution in [-0.4, -0.2) is 63.6 Å². The van der Waals surface area contributed by atoms with Crippen LogP contribution in [-0.2, 0) is 11.3 Å². The van der Waals surface area contributed by atoms with E-state index in [9.17, 15) is 14.0 Å². The number of aromatic nitrogens is 3. The lowest BCUT2D eigenvalue weighted by atomic mass is 10.1. The first kappa shape index (κ1) is 23.7. The largest absolute Gasteiger partial charge is 0.444 e. The van der Waals surface area contributed by atoms with Gasteiger partial charge < -0.3 is 19.1 Å². The zero-order chi connectivity index (χ0) is 24.6. The molecular weight excluding hydrogens is 437 g/mol. The molecule has 0 aliphatic carbocycles. The van der Waals surface area contributed by atoms with Crippen molar-refractivity contribution in [2.75, 3.05) is 31.1 Å². The Morgan fingerprint density at radius 3 is 2.44 bits per heavy atom. The third-order valence-corrected chi connectivity index (χ3v) is 5.76. The molecule has 34 heavy (non-hydrogen) atoms. The van der Waals surface area contributed by atoms with Crippen LogP contribution in [0.2, 0.25) is 0 Å². The fourth-order valence-corrected chi connectivity index (χ4v) is 4.14. The zero-order valence-corrected chi connectivity index (χ0v) is 20.3. The van der Waals surface area contributed by atoms with Gasteiger partial charge in [-0.25, -0.2) is 19.2 Å². The molecule has 0 saturated carbocycles. The molecule has 0 N–H and O–H groups in total. The summed E-state index contributed by atoms with van der Waals surface area (Å²) in [6.07, 6.45) is 0.393. The fourth-order valence-electron chi connectivity index (χ4n) is 4.14. The van der Waals surface area contributed by atoms with Gasteiger partial charge in [0.1, 0.15) is 22.6 Å². The van der Waals surface area contributed by atoms with Gasteiger partial charge in [-0.15, -0.1) is 0 Å². The summed E-state index contributed by atoms with van der Waals surface area (Å²) < 4.78 is 21.4. The van der Waals surface area contributed by atoms with Gasteiger partial charge in [0, 0.05) is 31.9 Å². The van der Waals surface area contributed by atoms with E-state index in [1.807, 2.05) is 44.4 Å². The molecule has 1 saturated heterocycles. The third-order valence-electron chi connectivity index (χ3n) is 5.76. The number of ether oxygens (including phenoxy) is 1. The molecule has 0 spiro atoms. The lowest BCUT2D eigenvalue weighted by Crippen LogP contribution is -2.50. The number of hydrogen-bond acceptors (Lipinski definition) is 6. The van der Waals surface area contributed by atoms with Crippen LogP contribution < -0.4 is 4.90 Å². The zero-order valence-electron chi connectivity index (χ0n) is 20.3. The van der Waals surface area contributed by atoms with E-state index in [-0.39, 0.29) is 17.6 Å². The summed E-state index contributed by atoms with van der Waals surface area (Å²) in [7, 11) is 0. The standard InChI is InChI=1S/C25H30FN5O3/c1-16-12-18(6-7-19(16)26)14-31-21-13-17(2)27-20(15-32)22(21)28-23(31)29-8-10-30(11-9-29)24(33)34-25(3,4)5/h6-7,12-13,15H,8-11,14H2,1-5H3. The van der Waals surface area contributed by atoms with Crippen molar-refractivity contribution < 1.29 is 18.7 Å². The molecular formula is C25H30FN5O3. The van der Waals surface area contributed by atoms with E-state index in [0.29, 0.717) is 55.4 Å². The summed E-state index contributed by atoms with van der Waals surface area (Å²) in [4.78, 5) is 37.1. The monoisotopic (exact) mass is 467 g/mol. The first-order valence-corrected chi connectivity index (χ1v) is 11.4. The number of pyridine rings is 1. The number of piperazine rings is 1. The van der Waals surface area contributed by atoms with Crippen molar-refractivity contribution in [3.8, 4) is 0 Å². The highest BCUT2D eigenvalue weighted by Crippen LogP contribution is 2.27. The van der Waals surface area contributed by atoms with Crippen molar-refractivity contribution in [2.45, 2.75) is 46.8 Å². The fraction of sp³-hybridized carbons (Fsp3) is 0.440. The second-order valence-corrected chi connectivity index (χ2v) is 9.67. The topological polar surface area (TPSA) is 80.6 Å². The number of imidazole rings is 1. The summed E-state index contributed by atoms with van der Waals surface area (Å²) in [5, 5.41) is 0. The number of anilines is 1. The van der Waals surface area contributed by atoms with Crippen LogP contribution in [0.3, 0.4) is 0 Å². The summed E-state index contributed by atoms with van der Waals surface area (Å²) >= 11 is 0. The Kier molecular flexibility index (Phi) is 6.29. The van der Waals surface area contributed by atoms with Crippen molar-refractivity contribution >= 4 is 29.4 Å². The van der Waals surface area contributed by atoms with Crippen molar-refractivity contribution in [2.24, 2.45) is 0 Å². The maximum absolute atomic E-state index is 13.8. The molecule has 0 bridgehead atoms. The maximum atomic E-state index is 13.8. The Balaban J connectivity index is 1.68. The van der Waals surface area contributed by atoms with Gasteiger partial charge in [0.15, 0.2) is 6.29 Å². The molecule has 4 rings (SSSR count). The van der Waals surface area contributed by atoms with E-state index in [2.05, 4.69) is 9.88 Å². The van der Waals surface area contributed by atoms with Crippen LogP contribution in [0.5, 0.6) is 0 Å². The Hall–Kier alpha value is -3.49. The first-order valence-electron chi connectivity index (χ1n) is 11.4. The number of aryl methyl sites for hydroxylation is 2. The van der Waals surface area contributed by atoms with E-state index in [0.717, 1.165) is 17.4 Å². The van der Waals surface area contributed by atoms with Gasteiger partial charge in [-0.3, -0.25) is 4.79 Å². The van der Waals surface area contributed by atoms with Crippen LogP contribution in [0.1, 0.15) is 48.1 Å². The minimum absolute atomic E-state index is 0.249. The second-order valence-electron chi connectivity index (χ2n) is 9.67. The predicted molar refractivity (Wildman–Crippen MR) is 128 cm³/mol. The number of halogens is 1. The Morgan fingerprint density at radius 2 is 1.82 bits per heavy atom. The number of rotatable bonds is 4. The van der Waals surface area contributed by atoms with Gasteiger partial charge in [-0.2, -0.15) is 0 Å². The normalized spacial score (nSPS) is 14.5. The maximum Gasteiger partial charge on any atom is 0.410 e. The van der Waals surface area contributed by atoms with Gasteiger partial charge >= 0.3 is 6.09 Å². The molecule has 1 aromatic carbocycles. The minimum Gasteiger partial charge on any atom is -0.444 e. The van der Waals surface area contributed by atoms with Crippen LogP contribution in [0, 0.1) is 19.7 Å². The molecule has 0 unspecified atom stereocenters. The van der Waals surface area contributed by atoms with Crippen LogP contribution in [0.15, 0.2) is 24.3 Å². The molecule has 0 radical (unpaired) electrons. The second kappa shape index (κ2) is 9.04. The van der Waals surface area contributed by atoms with E-state index in [1.54, 1.807) is 17.9 Å². The molecule has 2 aromatic heterocycles. The van der Waals surface area contributed by atoms with E-state index < -0.39 is 5.60 Å². The number of carbonyl (C=O) groups excluding carboxylic acids is 2. The summed E-state index contributed by atoms with van der Waals surface area (Å²) in [5.41, 5.74) is 3.27. The summed E-state index contributed by atoms with van der Waals surface area (Å²) in [5.74, 6) is 0.442. The van der Waals surface area contributed by atoms with Gasteiger partial charge in [0.25, 0.3) is 0 Å². The lowest BCUT2D eigenvalue weighted by Gasteiger charge is -2.36. The highest BCUT2D eigenvalue weighted by atomic mass is 19.1. The molecule has 1 aliphatic rings. The van der Waals surface area contributed by atoms with E-state index in [1.165, 1.54) is 6.07 Å². The SMILES string of the molecule is Cc1cc2c(nc(N3CCN(C(=O)OC(C)(C)C)CC3)n2Cc2ccc(F)c(C)c2)c(C=O)n1. The van der Waals surface area contributed by atoms with Gasteiger partial charge in [-0.1, -0.05) is 12.1 Å². The molecule has 0 atom stereocenters.